The Morgan fingerprint density at radius 3 is 2.56 bits per heavy atom. The third-order valence-electron chi connectivity index (χ3n) is 4.87. The summed E-state index contributed by atoms with van der Waals surface area (Å²) in [5.74, 6) is 0.804. The van der Waals surface area contributed by atoms with Crippen molar-refractivity contribution in [1.29, 1.82) is 0 Å². The number of benzene rings is 2. The van der Waals surface area contributed by atoms with Gasteiger partial charge in [0.25, 0.3) is 0 Å². The zero-order valence-electron chi connectivity index (χ0n) is 15.9. The van der Waals surface area contributed by atoms with Gasteiger partial charge in [0, 0.05) is 25.2 Å². The van der Waals surface area contributed by atoms with Gasteiger partial charge in [-0.3, -0.25) is 4.79 Å². The van der Waals surface area contributed by atoms with Crippen LogP contribution in [0, 0.1) is 13.8 Å². The number of methoxy groups -OCH3 is 1. The number of nitrogens with zero attached hydrogens (tertiary/aromatic N) is 1. The minimum atomic E-state index is -0.273. The van der Waals surface area contributed by atoms with E-state index in [0.717, 1.165) is 22.6 Å². The number of hydrogen-bond donors (Lipinski definition) is 2. The average Bonchev–Trinajstić information content (AvgIpc) is 3.02. The zero-order valence-corrected chi connectivity index (χ0v) is 15.9. The van der Waals surface area contributed by atoms with Crippen LogP contribution < -0.4 is 20.3 Å². The van der Waals surface area contributed by atoms with Crippen LogP contribution in [0.25, 0.3) is 0 Å². The van der Waals surface area contributed by atoms with Crippen LogP contribution in [0.2, 0.25) is 0 Å². The number of carbonyl (C=O) groups is 2. The topological polar surface area (TPSA) is 70.7 Å². The molecule has 1 atom stereocenters. The SMILES string of the molecule is COc1ccc(CNC(=O)N[C@H]2CC(=O)N(c3ccc(C)c(C)c3)C2)cc1. The van der Waals surface area contributed by atoms with Crippen LogP contribution in [0.1, 0.15) is 23.1 Å². The first-order valence-electron chi connectivity index (χ1n) is 9.01. The van der Waals surface area contributed by atoms with E-state index >= 15 is 0 Å². The van der Waals surface area contributed by atoms with Crippen molar-refractivity contribution in [2.45, 2.75) is 32.9 Å². The lowest BCUT2D eigenvalue weighted by Gasteiger charge is -2.18. The molecule has 0 saturated carbocycles. The molecular formula is C21H25N3O3. The second-order valence-corrected chi connectivity index (χ2v) is 6.85. The van der Waals surface area contributed by atoms with Gasteiger partial charge >= 0.3 is 6.03 Å². The fourth-order valence-corrected chi connectivity index (χ4v) is 3.11. The van der Waals surface area contributed by atoms with Crippen LogP contribution in [0.5, 0.6) is 5.75 Å². The average molecular weight is 367 g/mol. The molecule has 0 radical (unpaired) electrons. The largest absolute Gasteiger partial charge is 0.497 e. The van der Waals surface area contributed by atoms with Gasteiger partial charge in [0.15, 0.2) is 0 Å². The highest BCUT2D eigenvalue weighted by atomic mass is 16.5. The zero-order chi connectivity index (χ0) is 19.4. The Kier molecular flexibility index (Phi) is 5.64. The summed E-state index contributed by atoms with van der Waals surface area (Å²) in [4.78, 5) is 26.2. The molecule has 1 saturated heterocycles. The second kappa shape index (κ2) is 8.12. The third kappa shape index (κ3) is 4.58. The maximum Gasteiger partial charge on any atom is 0.315 e. The molecule has 0 aliphatic carbocycles. The van der Waals surface area contributed by atoms with E-state index in [4.69, 9.17) is 4.74 Å². The second-order valence-electron chi connectivity index (χ2n) is 6.85. The lowest BCUT2D eigenvalue weighted by molar-refractivity contribution is -0.117. The van der Waals surface area contributed by atoms with Crippen LogP contribution in [0.15, 0.2) is 42.5 Å². The first-order valence-corrected chi connectivity index (χ1v) is 9.01. The van der Waals surface area contributed by atoms with E-state index in [1.165, 1.54) is 5.56 Å². The summed E-state index contributed by atoms with van der Waals surface area (Å²) in [6.45, 7) is 4.97. The van der Waals surface area contributed by atoms with E-state index in [-0.39, 0.29) is 18.0 Å². The van der Waals surface area contributed by atoms with Gasteiger partial charge < -0.3 is 20.3 Å². The van der Waals surface area contributed by atoms with Crippen molar-refractivity contribution in [2.24, 2.45) is 0 Å². The highest BCUT2D eigenvalue weighted by Gasteiger charge is 2.31. The molecule has 0 unspecified atom stereocenters. The van der Waals surface area contributed by atoms with Crippen molar-refractivity contribution in [3.63, 3.8) is 0 Å². The number of anilines is 1. The van der Waals surface area contributed by atoms with E-state index in [2.05, 4.69) is 10.6 Å². The van der Waals surface area contributed by atoms with Gasteiger partial charge in [-0.2, -0.15) is 0 Å². The standard InChI is InChI=1S/C21H25N3O3/c1-14-4-7-18(10-15(14)2)24-13-17(11-20(24)25)23-21(26)22-12-16-5-8-19(27-3)9-6-16/h4-10,17H,11-13H2,1-3H3,(H2,22,23,26)/t17-/m0/s1. The lowest BCUT2D eigenvalue weighted by atomic mass is 10.1. The Hall–Kier alpha value is -3.02. The van der Waals surface area contributed by atoms with Crippen molar-refractivity contribution in [1.82, 2.24) is 10.6 Å². The fraction of sp³-hybridized carbons (Fsp3) is 0.333. The molecule has 6 nitrogen and oxygen atoms in total. The Labute approximate surface area is 159 Å². The molecule has 6 heteroatoms. The van der Waals surface area contributed by atoms with Crippen molar-refractivity contribution >= 4 is 17.6 Å². The van der Waals surface area contributed by atoms with Gasteiger partial charge in [-0.05, 0) is 54.8 Å². The highest BCUT2D eigenvalue weighted by Crippen LogP contribution is 2.24. The fourth-order valence-electron chi connectivity index (χ4n) is 3.11. The first kappa shape index (κ1) is 18.8. The van der Waals surface area contributed by atoms with Gasteiger partial charge in [0.2, 0.25) is 5.91 Å². The molecule has 2 N–H and O–H groups in total. The van der Waals surface area contributed by atoms with Crippen LogP contribution in [0.4, 0.5) is 10.5 Å². The van der Waals surface area contributed by atoms with Crippen LogP contribution in [0.3, 0.4) is 0 Å². The molecule has 1 heterocycles. The number of carbonyl (C=O) groups excluding carboxylic acids is 2. The maximum absolute atomic E-state index is 12.3. The maximum atomic E-state index is 12.3. The molecule has 27 heavy (non-hydrogen) atoms. The van der Waals surface area contributed by atoms with E-state index in [1.54, 1.807) is 12.0 Å². The number of hydrogen-bond acceptors (Lipinski definition) is 3. The minimum absolute atomic E-state index is 0.0266. The molecule has 2 aromatic rings. The summed E-state index contributed by atoms with van der Waals surface area (Å²) in [6, 6.07) is 13.0. The number of urea groups is 1. The summed E-state index contributed by atoms with van der Waals surface area (Å²) >= 11 is 0. The van der Waals surface area contributed by atoms with Crippen molar-refractivity contribution in [3.05, 3.63) is 59.2 Å². The van der Waals surface area contributed by atoms with Gasteiger partial charge in [-0.15, -0.1) is 0 Å². The molecule has 2 aromatic carbocycles. The van der Waals surface area contributed by atoms with E-state index in [1.807, 2.05) is 56.3 Å². The Bertz CT molecular complexity index is 833. The van der Waals surface area contributed by atoms with Gasteiger partial charge in [-0.1, -0.05) is 18.2 Å². The monoisotopic (exact) mass is 367 g/mol. The smallest absolute Gasteiger partial charge is 0.315 e. The summed E-state index contributed by atoms with van der Waals surface area (Å²) in [7, 11) is 1.62. The van der Waals surface area contributed by atoms with Crippen molar-refractivity contribution in [2.75, 3.05) is 18.6 Å². The summed E-state index contributed by atoms with van der Waals surface area (Å²) in [5, 5.41) is 5.72. The van der Waals surface area contributed by atoms with Gasteiger partial charge in [0.05, 0.1) is 13.2 Å². The third-order valence-corrected chi connectivity index (χ3v) is 4.87. The Morgan fingerprint density at radius 1 is 1.15 bits per heavy atom. The molecule has 0 aromatic heterocycles. The molecule has 1 fully saturated rings. The molecule has 1 aliphatic rings. The van der Waals surface area contributed by atoms with E-state index in [0.29, 0.717) is 19.5 Å². The molecule has 1 aliphatic heterocycles. The minimum Gasteiger partial charge on any atom is -0.497 e. The summed E-state index contributed by atoms with van der Waals surface area (Å²) < 4.78 is 5.12. The number of amides is 3. The van der Waals surface area contributed by atoms with E-state index < -0.39 is 0 Å². The predicted molar refractivity (Wildman–Crippen MR) is 105 cm³/mol. The van der Waals surface area contributed by atoms with Crippen LogP contribution in [-0.4, -0.2) is 31.6 Å². The number of rotatable bonds is 5. The molecule has 142 valence electrons. The molecule has 3 amide bonds. The number of ether oxygens (including phenoxy) is 1. The van der Waals surface area contributed by atoms with Crippen molar-refractivity contribution in [3.8, 4) is 5.75 Å². The summed E-state index contributed by atoms with van der Waals surface area (Å²) in [5.41, 5.74) is 4.20. The number of nitrogens with one attached hydrogen (secondary N) is 2. The predicted octanol–water partition coefficient (Wildman–Crippen LogP) is 2.92. The van der Waals surface area contributed by atoms with Gasteiger partial charge in [0.1, 0.15) is 5.75 Å². The Balaban J connectivity index is 1.52. The molecular weight excluding hydrogens is 342 g/mol. The highest BCUT2D eigenvalue weighted by molar-refractivity contribution is 5.96. The normalized spacial score (nSPS) is 16.3. The van der Waals surface area contributed by atoms with Crippen LogP contribution >= 0.6 is 0 Å². The molecule has 0 bridgehead atoms. The first-order chi connectivity index (χ1) is 13.0. The quantitative estimate of drug-likeness (QED) is 0.854. The van der Waals surface area contributed by atoms with E-state index in [9.17, 15) is 9.59 Å². The van der Waals surface area contributed by atoms with Crippen molar-refractivity contribution < 1.29 is 14.3 Å². The molecule has 3 rings (SSSR count). The lowest BCUT2D eigenvalue weighted by Crippen LogP contribution is -2.43. The van der Waals surface area contributed by atoms with Crippen LogP contribution in [-0.2, 0) is 11.3 Å². The Morgan fingerprint density at radius 2 is 1.89 bits per heavy atom. The molecule has 0 spiro atoms. The summed E-state index contributed by atoms with van der Waals surface area (Å²) in [6.07, 6.45) is 0.308. The van der Waals surface area contributed by atoms with Gasteiger partial charge in [-0.25, -0.2) is 4.79 Å². The number of aryl methyl sites for hydroxylation is 2.